The molecule has 2 rings (SSSR count). The van der Waals surface area contributed by atoms with Crippen molar-refractivity contribution >= 4 is 27.4 Å². The van der Waals surface area contributed by atoms with Crippen molar-refractivity contribution in [2.75, 3.05) is 5.43 Å². The summed E-state index contributed by atoms with van der Waals surface area (Å²) in [7, 11) is -3.90. The molecule has 2 N–H and O–H groups in total. The topological polar surface area (TPSA) is 71.1 Å². The first-order valence-corrected chi connectivity index (χ1v) is 7.61. The fourth-order valence-corrected chi connectivity index (χ4v) is 2.40. The van der Waals surface area contributed by atoms with Crippen LogP contribution in [0.5, 0.6) is 0 Å². The summed E-state index contributed by atoms with van der Waals surface area (Å²) in [5, 5.41) is 0.372. The van der Waals surface area contributed by atoms with Gasteiger partial charge in [0.25, 0.3) is 10.0 Å². The lowest BCUT2D eigenvalue weighted by molar-refractivity contribution is -0.137. The maximum absolute atomic E-state index is 12.4. The molecule has 0 bridgehead atoms. The van der Waals surface area contributed by atoms with Crippen molar-refractivity contribution in [2.24, 2.45) is 0 Å². The molecular formula is C12H9ClF3N3O2S. The van der Waals surface area contributed by atoms with Gasteiger partial charge in [0, 0.05) is 11.2 Å². The van der Waals surface area contributed by atoms with E-state index in [0.717, 1.165) is 12.1 Å². The number of alkyl halides is 3. The molecule has 1 heterocycles. The van der Waals surface area contributed by atoms with Crippen LogP contribution in [0.3, 0.4) is 0 Å². The maximum Gasteiger partial charge on any atom is 0.417 e. The highest BCUT2D eigenvalue weighted by Crippen LogP contribution is 2.28. The Morgan fingerprint density at radius 1 is 1.05 bits per heavy atom. The number of hydrogen-bond acceptors (Lipinski definition) is 4. The molecular weight excluding hydrogens is 343 g/mol. The van der Waals surface area contributed by atoms with Gasteiger partial charge in [-0.05, 0) is 36.4 Å². The number of nitrogens with one attached hydrogen (secondary N) is 2. The minimum absolute atomic E-state index is 0.0590. The van der Waals surface area contributed by atoms with Gasteiger partial charge in [0.15, 0.2) is 0 Å². The van der Waals surface area contributed by atoms with E-state index in [4.69, 9.17) is 11.6 Å². The Bertz CT molecular complexity index is 747. The van der Waals surface area contributed by atoms with Crippen LogP contribution in [-0.2, 0) is 16.2 Å². The van der Waals surface area contributed by atoms with Gasteiger partial charge >= 0.3 is 6.18 Å². The monoisotopic (exact) mass is 351 g/mol. The summed E-state index contributed by atoms with van der Waals surface area (Å²) in [6, 6.07) is 7.15. The zero-order valence-electron chi connectivity index (χ0n) is 10.7. The van der Waals surface area contributed by atoms with Crippen molar-refractivity contribution in [2.45, 2.75) is 11.1 Å². The summed E-state index contributed by atoms with van der Waals surface area (Å²) in [4.78, 5) is 5.42. The average molecular weight is 352 g/mol. The number of aromatic nitrogens is 1. The largest absolute Gasteiger partial charge is 0.417 e. The predicted octanol–water partition coefficient (Wildman–Crippen LogP) is 3.06. The van der Waals surface area contributed by atoms with E-state index >= 15 is 0 Å². The molecule has 0 aliphatic heterocycles. The number of anilines is 1. The van der Waals surface area contributed by atoms with Gasteiger partial charge in [0.1, 0.15) is 5.82 Å². The predicted molar refractivity (Wildman–Crippen MR) is 74.6 cm³/mol. The van der Waals surface area contributed by atoms with Crippen LogP contribution in [0.15, 0.2) is 47.5 Å². The van der Waals surface area contributed by atoms with Crippen molar-refractivity contribution in [3.05, 3.63) is 53.2 Å². The van der Waals surface area contributed by atoms with E-state index in [2.05, 4.69) is 10.4 Å². The average Bonchev–Trinajstić information content (AvgIpc) is 2.45. The van der Waals surface area contributed by atoms with Crippen LogP contribution in [-0.4, -0.2) is 13.4 Å². The van der Waals surface area contributed by atoms with Crippen LogP contribution in [0.25, 0.3) is 0 Å². The van der Waals surface area contributed by atoms with Crippen molar-refractivity contribution in [1.29, 1.82) is 0 Å². The van der Waals surface area contributed by atoms with Gasteiger partial charge < -0.3 is 0 Å². The summed E-state index contributed by atoms with van der Waals surface area (Å²) < 4.78 is 60.9. The Balaban J connectivity index is 2.07. The van der Waals surface area contributed by atoms with E-state index in [1.807, 2.05) is 4.83 Å². The second-order valence-corrected chi connectivity index (χ2v) is 6.23. The van der Waals surface area contributed by atoms with Crippen molar-refractivity contribution in [3.8, 4) is 0 Å². The number of nitrogens with zero attached hydrogens (tertiary/aromatic N) is 1. The van der Waals surface area contributed by atoms with Gasteiger partial charge in [-0.3, -0.25) is 5.43 Å². The molecule has 0 saturated heterocycles. The summed E-state index contributed by atoms with van der Waals surface area (Å²) >= 11 is 5.65. The SMILES string of the molecule is O=S(=O)(NNc1ccc(C(F)(F)F)cn1)c1ccc(Cl)cc1. The molecule has 0 radical (unpaired) electrons. The Morgan fingerprint density at radius 2 is 1.68 bits per heavy atom. The molecule has 0 atom stereocenters. The lowest BCUT2D eigenvalue weighted by Gasteiger charge is -2.10. The standard InChI is InChI=1S/C12H9ClF3N3O2S/c13-9-2-4-10(5-3-9)22(20,21)19-18-11-6-1-8(7-17-11)12(14,15)16/h1-7,19H,(H,17,18). The number of pyridine rings is 1. The highest BCUT2D eigenvalue weighted by Gasteiger charge is 2.30. The van der Waals surface area contributed by atoms with Crippen LogP contribution >= 0.6 is 11.6 Å². The zero-order valence-corrected chi connectivity index (χ0v) is 12.3. The molecule has 118 valence electrons. The molecule has 2 aromatic rings. The summed E-state index contributed by atoms with van der Waals surface area (Å²) in [5.41, 5.74) is 1.30. The lowest BCUT2D eigenvalue weighted by atomic mass is 10.3. The lowest BCUT2D eigenvalue weighted by Crippen LogP contribution is -2.30. The maximum atomic E-state index is 12.4. The van der Waals surface area contributed by atoms with Gasteiger partial charge in [-0.25, -0.2) is 13.4 Å². The fourth-order valence-electron chi connectivity index (χ4n) is 1.43. The number of hydrogen-bond donors (Lipinski definition) is 2. The first kappa shape index (κ1) is 16.5. The van der Waals surface area contributed by atoms with Crippen molar-refractivity contribution < 1.29 is 21.6 Å². The zero-order chi connectivity index (χ0) is 16.4. The van der Waals surface area contributed by atoms with Gasteiger partial charge in [-0.2, -0.15) is 13.2 Å². The molecule has 0 amide bonds. The Hall–Kier alpha value is -1.84. The van der Waals surface area contributed by atoms with Gasteiger partial charge in [-0.15, -0.1) is 4.83 Å². The number of hydrazine groups is 1. The van der Waals surface area contributed by atoms with Crippen molar-refractivity contribution in [1.82, 2.24) is 9.82 Å². The molecule has 0 aliphatic carbocycles. The molecule has 0 aliphatic rings. The highest BCUT2D eigenvalue weighted by molar-refractivity contribution is 7.89. The molecule has 22 heavy (non-hydrogen) atoms. The third-order valence-electron chi connectivity index (χ3n) is 2.53. The highest BCUT2D eigenvalue weighted by atomic mass is 35.5. The van der Waals surface area contributed by atoms with E-state index in [1.165, 1.54) is 24.3 Å². The van der Waals surface area contributed by atoms with Crippen LogP contribution in [0.1, 0.15) is 5.56 Å². The number of halogens is 4. The number of rotatable bonds is 4. The Kier molecular flexibility index (Phi) is 4.59. The van der Waals surface area contributed by atoms with Crippen LogP contribution in [0.2, 0.25) is 5.02 Å². The second-order valence-electron chi connectivity index (χ2n) is 4.11. The molecule has 10 heteroatoms. The van der Waals surface area contributed by atoms with E-state index in [-0.39, 0.29) is 10.7 Å². The van der Waals surface area contributed by atoms with Crippen LogP contribution in [0, 0.1) is 0 Å². The normalized spacial score (nSPS) is 12.2. The minimum atomic E-state index is -4.51. The Labute approximate surface area is 129 Å². The third-order valence-corrected chi connectivity index (χ3v) is 4.04. The Morgan fingerprint density at radius 3 is 2.18 bits per heavy atom. The van der Waals surface area contributed by atoms with E-state index < -0.39 is 21.8 Å². The van der Waals surface area contributed by atoms with Gasteiger partial charge in [0.2, 0.25) is 0 Å². The minimum Gasteiger partial charge on any atom is -0.292 e. The van der Waals surface area contributed by atoms with Crippen LogP contribution < -0.4 is 10.3 Å². The number of benzene rings is 1. The van der Waals surface area contributed by atoms with Crippen LogP contribution in [0.4, 0.5) is 19.0 Å². The van der Waals surface area contributed by atoms with Crippen molar-refractivity contribution in [3.63, 3.8) is 0 Å². The molecule has 0 unspecified atom stereocenters. The summed E-state index contributed by atoms with van der Waals surface area (Å²) in [6.45, 7) is 0. The molecule has 5 nitrogen and oxygen atoms in total. The molecule has 0 fully saturated rings. The first-order valence-electron chi connectivity index (χ1n) is 5.75. The molecule has 0 saturated carbocycles. The molecule has 0 spiro atoms. The first-order chi connectivity index (χ1) is 10.2. The number of sulfonamides is 1. The fraction of sp³-hybridized carbons (Fsp3) is 0.0833. The summed E-state index contributed by atoms with van der Waals surface area (Å²) in [6.07, 6.45) is -3.91. The summed E-state index contributed by atoms with van der Waals surface area (Å²) in [5.74, 6) is -0.0782. The second kappa shape index (κ2) is 6.11. The quantitative estimate of drug-likeness (QED) is 0.830. The van der Waals surface area contributed by atoms with E-state index in [9.17, 15) is 21.6 Å². The van der Waals surface area contributed by atoms with E-state index in [1.54, 1.807) is 0 Å². The molecule has 1 aromatic heterocycles. The molecule has 1 aromatic carbocycles. The van der Waals surface area contributed by atoms with Gasteiger partial charge in [-0.1, -0.05) is 11.6 Å². The van der Waals surface area contributed by atoms with E-state index in [0.29, 0.717) is 11.2 Å². The smallest absolute Gasteiger partial charge is 0.292 e. The third kappa shape index (κ3) is 4.09. The van der Waals surface area contributed by atoms with Gasteiger partial charge in [0.05, 0.1) is 10.5 Å².